The number of hydrogen-bond acceptors (Lipinski definition) is 1. The Kier molecular flexibility index (Phi) is 4.15. The highest BCUT2D eigenvalue weighted by atomic mass is 19.4. The first-order chi connectivity index (χ1) is 10.2. The van der Waals surface area contributed by atoms with Crippen molar-refractivity contribution in [3.05, 3.63) is 0 Å². The van der Waals surface area contributed by atoms with Crippen molar-refractivity contribution < 1.29 is 65.9 Å². The Morgan fingerprint density at radius 2 is 0.917 bits per heavy atom. The lowest BCUT2D eigenvalue weighted by atomic mass is 9.81. The molecule has 1 aliphatic heterocycles. The monoisotopic (exact) mass is 397 g/mol. The van der Waals surface area contributed by atoms with E-state index in [0.717, 1.165) is 0 Å². The summed E-state index contributed by atoms with van der Waals surface area (Å²) in [5, 5.41) is 0. The molecule has 0 saturated carbocycles. The predicted octanol–water partition coefficient (Wildman–Crippen LogP) is 4.59. The Labute approximate surface area is 121 Å². The third kappa shape index (κ3) is 1.97. The molecule has 0 aromatic heterocycles. The number of rotatable bonds is 2. The number of likely N-dealkylation sites (tertiary alicyclic amines) is 1. The standard InChI is InChI=1S/C8H2F15N/c9-1-2(10,11)24-7(20,21)4(13,14)3(12,6(17,18)19)5(15,16)8(24,22)23/h1H2. The number of hydrogen-bond donors (Lipinski definition) is 0. The molecule has 1 heterocycles. The maximum atomic E-state index is 13.3. The van der Waals surface area contributed by atoms with E-state index in [1.54, 1.807) is 0 Å². The van der Waals surface area contributed by atoms with Crippen LogP contribution in [0.15, 0.2) is 0 Å². The predicted molar refractivity (Wildman–Crippen MR) is 42.4 cm³/mol. The molecule has 16 heteroatoms. The van der Waals surface area contributed by atoms with Gasteiger partial charge in [-0.3, -0.25) is 0 Å². The molecule has 0 bridgehead atoms. The number of alkyl halides is 15. The van der Waals surface area contributed by atoms with Gasteiger partial charge in [0.2, 0.25) is 0 Å². The summed E-state index contributed by atoms with van der Waals surface area (Å²) in [6.45, 7) is -3.70. The van der Waals surface area contributed by atoms with Gasteiger partial charge in [-0.15, -0.1) is 4.90 Å². The molecule has 0 atom stereocenters. The van der Waals surface area contributed by atoms with E-state index >= 15 is 0 Å². The molecule has 0 radical (unpaired) electrons. The van der Waals surface area contributed by atoms with Crippen LogP contribution in [0.3, 0.4) is 0 Å². The zero-order valence-corrected chi connectivity index (χ0v) is 10.3. The van der Waals surface area contributed by atoms with Gasteiger partial charge < -0.3 is 0 Å². The summed E-state index contributed by atoms with van der Waals surface area (Å²) in [6.07, 6.45) is -7.75. The zero-order chi connectivity index (χ0) is 19.8. The molecule has 1 saturated heterocycles. The van der Waals surface area contributed by atoms with Crippen LogP contribution in [0.2, 0.25) is 0 Å². The minimum absolute atomic E-state index is 3.70. The Morgan fingerprint density at radius 3 is 1.12 bits per heavy atom. The molecule has 1 nitrogen and oxygen atoms in total. The third-order valence-corrected chi connectivity index (χ3v) is 3.06. The molecule has 0 aliphatic carbocycles. The molecule has 144 valence electrons. The number of piperidine rings is 1. The molecule has 1 fully saturated rings. The second-order valence-corrected chi connectivity index (χ2v) is 4.52. The van der Waals surface area contributed by atoms with Gasteiger partial charge in [-0.25, -0.2) is 8.78 Å². The lowest BCUT2D eigenvalue weighted by molar-refractivity contribution is -0.542. The van der Waals surface area contributed by atoms with Gasteiger partial charge in [0.1, 0.15) is 0 Å². The van der Waals surface area contributed by atoms with Crippen molar-refractivity contribution in [2.45, 2.75) is 41.8 Å². The van der Waals surface area contributed by atoms with E-state index in [2.05, 4.69) is 0 Å². The van der Waals surface area contributed by atoms with Crippen LogP contribution in [0.1, 0.15) is 0 Å². The van der Waals surface area contributed by atoms with E-state index in [1.165, 1.54) is 0 Å². The maximum absolute atomic E-state index is 13.3. The molecule has 0 amide bonds. The number of halogens is 15. The van der Waals surface area contributed by atoms with Crippen molar-refractivity contribution in [1.82, 2.24) is 4.90 Å². The largest absolute Gasteiger partial charge is 0.435 e. The summed E-state index contributed by atoms with van der Waals surface area (Å²) in [7, 11) is 0. The first kappa shape index (κ1) is 21.0. The van der Waals surface area contributed by atoms with Crippen molar-refractivity contribution in [1.29, 1.82) is 0 Å². The van der Waals surface area contributed by atoms with Crippen molar-refractivity contribution in [3.63, 3.8) is 0 Å². The van der Waals surface area contributed by atoms with Gasteiger partial charge in [0.05, 0.1) is 0 Å². The average Bonchev–Trinajstić information content (AvgIpc) is 2.33. The van der Waals surface area contributed by atoms with Crippen LogP contribution in [0.25, 0.3) is 0 Å². The van der Waals surface area contributed by atoms with Crippen LogP contribution in [0.5, 0.6) is 0 Å². The normalized spacial score (nSPS) is 28.6. The third-order valence-electron chi connectivity index (χ3n) is 3.06. The highest BCUT2D eigenvalue weighted by molar-refractivity contribution is 5.22. The van der Waals surface area contributed by atoms with Gasteiger partial charge in [0.15, 0.2) is 6.67 Å². The SMILES string of the molecule is FCC(F)(F)N1C(F)(F)C(F)(F)C(F)(C(F)(F)F)C(F)(F)C1(F)F. The molecule has 24 heavy (non-hydrogen) atoms. The minimum atomic E-state index is -7.94. The van der Waals surface area contributed by atoms with Crippen LogP contribution in [-0.4, -0.2) is 53.4 Å². The van der Waals surface area contributed by atoms with Crippen LogP contribution in [0.4, 0.5) is 65.9 Å². The Balaban J connectivity index is 3.94. The molecule has 0 aromatic rings. The molecular formula is C8H2F15N. The van der Waals surface area contributed by atoms with Crippen molar-refractivity contribution >= 4 is 0 Å². The van der Waals surface area contributed by atoms with E-state index in [0.29, 0.717) is 0 Å². The topological polar surface area (TPSA) is 3.24 Å². The molecule has 0 N–H and O–H groups in total. The quantitative estimate of drug-likeness (QED) is 0.487. The van der Waals surface area contributed by atoms with E-state index in [4.69, 9.17) is 0 Å². The fourth-order valence-electron chi connectivity index (χ4n) is 1.90. The van der Waals surface area contributed by atoms with Crippen LogP contribution in [-0.2, 0) is 0 Å². The summed E-state index contributed by atoms with van der Waals surface area (Å²) in [4.78, 5) is -3.75. The van der Waals surface area contributed by atoms with Crippen LogP contribution >= 0.6 is 0 Å². The van der Waals surface area contributed by atoms with E-state index in [-0.39, 0.29) is 0 Å². The van der Waals surface area contributed by atoms with Crippen molar-refractivity contribution in [2.75, 3.05) is 6.67 Å². The Morgan fingerprint density at radius 1 is 0.625 bits per heavy atom. The van der Waals surface area contributed by atoms with E-state index in [1.807, 2.05) is 0 Å². The molecule has 1 aliphatic rings. The highest BCUT2D eigenvalue weighted by Gasteiger charge is 3.01. The first-order valence-corrected chi connectivity index (χ1v) is 5.19. The molecular weight excluding hydrogens is 395 g/mol. The molecule has 0 aromatic carbocycles. The van der Waals surface area contributed by atoms with E-state index in [9.17, 15) is 65.9 Å². The average molecular weight is 397 g/mol. The second-order valence-electron chi connectivity index (χ2n) is 4.52. The molecule has 0 spiro atoms. The number of nitrogens with zero attached hydrogens (tertiary/aromatic N) is 1. The van der Waals surface area contributed by atoms with Gasteiger partial charge in [-0.05, 0) is 0 Å². The fraction of sp³-hybridized carbons (Fsp3) is 1.00. The highest BCUT2D eigenvalue weighted by Crippen LogP contribution is 2.69. The molecule has 0 unspecified atom stereocenters. The summed E-state index contributed by atoms with van der Waals surface area (Å²) in [5.74, 6) is -15.7. The van der Waals surface area contributed by atoms with Crippen LogP contribution < -0.4 is 0 Å². The fourth-order valence-corrected chi connectivity index (χ4v) is 1.90. The van der Waals surface area contributed by atoms with Gasteiger partial charge in [-0.2, -0.15) is 57.1 Å². The molecule has 1 rings (SSSR count). The van der Waals surface area contributed by atoms with E-state index < -0.39 is 53.4 Å². The lowest BCUT2D eigenvalue weighted by Gasteiger charge is -2.55. The minimum Gasteiger partial charge on any atom is -0.243 e. The van der Waals surface area contributed by atoms with Crippen molar-refractivity contribution in [2.24, 2.45) is 0 Å². The maximum Gasteiger partial charge on any atom is 0.435 e. The van der Waals surface area contributed by atoms with Crippen LogP contribution in [0, 0.1) is 0 Å². The van der Waals surface area contributed by atoms with Gasteiger partial charge in [-0.1, -0.05) is 0 Å². The smallest absolute Gasteiger partial charge is 0.243 e. The second kappa shape index (κ2) is 4.75. The van der Waals surface area contributed by atoms with Gasteiger partial charge >= 0.3 is 41.8 Å². The lowest BCUT2D eigenvalue weighted by Crippen LogP contribution is -2.88. The van der Waals surface area contributed by atoms with Crippen molar-refractivity contribution in [3.8, 4) is 0 Å². The summed E-state index contributed by atoms with van der Waals surface area (Å²) < 4.78 is 193. The summed E-state index contributed by atoms with van der Waals surface area (Å²) in [5.41, 5.74) is -7.94. The first-order valence-electron chi connectivity index (χ1n) is 5.19. The summed E-state index contributed by atoms with van der Waals surface area (Å²) in [6, 6.07) is -21.6. The van der Waals surface area contributed by atoms with Gasteiger partial charge in [0.25, 0.3) is 0 Å². The Hall–Kier alpha value is -1.09. The zero-order valence-electron chi connectivity index (χ0n) is 10.3. The van der Waals surface area contributed by atoms with Gasteiger partial charge in [0, 0.05) is 0 Å². The Bertz CT molecular complexity index is 476. The summed E-state index contributed by atoms with van der Waals surface area (Å²) >= 11 is 0.